The van der Waals surface area contributed by atoms with Crippen molar-refractivity contribution in [3.8, 4) is 5.75 Å². The van der Waals surface area contributed by atoms with Gasteiger partial charge in [-0.15, -0.1) is 12.4 Å². The molecule has 0 spiro atoms. The average Bonchev–Trinajstić information content (AvgIpc) is 2.91. The van der Waals surface area contributed by atoms with Gasteiger partial charge >= 0.3 is 0 Å². The van der Waals surface area contributed by atoms with Crippen LogP contribution in [0.2, 0.25) is 0 Å². The number of benzene rings is 1. The molecule has 1 fully saturated rings. The Morgan fingerprint density at radius 1 is 1.43 bits per heavy atom. The summed E-state index contributed by atoms with van der Waals surface area (Å²) in [6, 6.07) is 4.55. The number of halogens is 2. The van der Waals surface area contributed by atoms with Gasteiger partial charge < -0.3 is 10.5 Å². The molecule has 14 heavy (non-hydrogen) atoms. The molecule has 0 aliphatic heterocycles. The lowest BCUT2D eigenvalue weighted by Gasteiger charge is -2.05. The van der Waals surface area contributed by atoms with Crippen molar-refractivity contribution in [2.45, 2.75) is 12.8 Å². The molecule has 0 bridgehead atoms. The van der Waals surface area contributed by atoms with Gasteiger partial charge in [0.15, 0.2) is 0 Å². The highest BCUT2D eigenvalue weighted by Gasteiger charge is 2.21. The summed E-state index contributed by atoms with van der Waals surface area (Å²) in [5, 5.41) is 0. The first-order valence-corrected chi connectivity index (χ1v) is 4.43. The van der Waals surface area contributed by atoms with Gasteiger partial charge in [-0.1, -0.05) is 0 Å². The fraction of sp³-hybridized carbons (Fsp3) is 0.400. The fourth-order valence-corrected chi connectivity index (χ4v) is 1.10. The van der Waals surface area contributed by atoms with E-state index in [4.69, 9.17) is 10.5 Å². The Kier molecular flexibility index (Phi) is 3.58. The Morgan fingerprint density at radius 3 is 2.71 bits per heavy atom. The number of nitrogen functional groups attached to an aromatic ring is 1. The lowest BCUT2D eigenvalue weighted by Crippen LogP contribution is -2.00. The number of hydrogen-bond acceptors (Lipinski definition) is 2. The Balaban J connectivity index is 0.000000980. The predicted octanol–water partition coefficient (Wildman–Crippen LogP) is 2.62. The Bertz CT molecular complexity index is 315. The summed E-state index contributed by atoms with van der Waals surface area (Å²) in [6.07, 6.45) is 2.47. The molecular weight excluding hydrogens is 205 g/mol. The standard InChI is InChI=1S/C10H12FNO.ClH/c11-9-5-8(3-4-10(9)12)13-6-7-1-2-7;/h3-5,7H,1-2,6,12H2;1H. The Morgan fingerprint density at radius 2 is 2.14 bits per heavy atom. The van der Waals surface area contributed by atoms with Gasteiger partial charge in [0, 0.05) is 6.07 Å². The molecular formula is C10H13ClFNO. The number of hydrogen-bond donors (Lipinski definition) is 1. The molecule has 0 saturated heterocycles. The van der Waals surface area contributed by atoms with Gasteiger partial charge in [0.2, 0.25) is 0 Å². The van der Waals surface area contributed by atoms with Crippen LogP contribution in [0.15, 0.2) is 18.2 Å². The molecule has 4 heteroatoms. The highest BCUT2D eigenvalue weighted by atomic mass is 35.5. The molecule has 78 valence electrons. The Hall–Kier alpha value is -0.960. The van der Waals surface area contributed by atoms with E-state index < -0.39 is 5.82 Å². The normalized spacial score (nSPS) is 14.6. The lowest BCUT2D eigenvalue weighted by molar-refractivity contribution is 0.298. The SMILES string of the molecule is Cl.Nc1ccc(OCC2CC2)cc1F. The van der Waals surface area contributed by atoms with Gasteiger partial charge in [0.1, 0.15) is 11.6 Å². The molecule has 1 aliphatic rings. The third-order valence-corrected chi connectivity index (χ3v) is 2.15. The minimum atomic E-state index is -0.409. The summed E-state index contributed by atoms with van der Waals surface area (Å²) in [5.74, 6) is 0.840. The highest BCUT2D eigenvalue weighted by Crippen LogP contribution is 2.29. The molecule has 0 amide bonds. The van der Waals surface area contributed by atoms with E-state index in [9.17, 15) is 4.39 Å². The number of rotatable bonds is 3. The second-order valence-corrected chi connectivity index (χ2v) is 3.44. The molecule has 2 N–H and O–H groups in total. The molecule has 1 aromatic rings. The first kappa shape index (κ1) is 11.1. The number of nitrogens with two attached hydrogens (primary N) is 1. The van der Waals surface area contributed by atoms with Crippen LogP contribution in [0, 0.1) is 11.7 Å². The van der Waals surface area contributed by atoms with Crippen LogP contribution in [0.3, 0.4) is 0 Å². The monoisotopic (exact) mass is 217 g/mol. The maximum atomic E-state index is 12.9. The zero-order valence-electron chi connectivity index (χ0n) is 7.70. The molecule has 2 nitrogen and oxygen atoms in total. The van der Waals surface area contributed by atoms with E-state index in [1.807, 2.05) is 0 Å². The second kappa shape index (κ2) is 4.51. The van der Waals surface area contributed by atoms with Crippen molar-refractivity contribution in [3.63, 3.8) is 0 Å². The first-order chi connectivity index (χ1) is 6.25. The molecule has 1 aliphatic carbocycles. The van der Waals surface area contributed by atoms with Crippen LogP contribution in [0.4, 0.5) is 10.1 Å². The van der Waals surface area contributed by atoms with Crippen molar-refractivity contribution in [2.75, 3.05) is 12.3 Å². The van der Waals surface area contributed by atoms with E-state index >= 15 is 0 Å². The largest absolute Gasteiger partial charge is 0.493 e. The summed E-state index contributed by atoms with van der Waals surface area (Å²) in [7, 11) is 0. The third-order valence-electron chi connectivity index (χ3n) is 2.15. The van der Waals surface area contributed by atoms with Crippen molar-refractivity contribution in [3.05, 3.63) is 24.0 Å². The topological polar surface area (TPSA) is 35.2 Å². The summed E-state index contributed by atoms with van der Waals surface area (Å²) in [4.78, 5) is 0. The van der Waals surface area contributed by atoms with E-state index in [1.54, 1.807) is 6.07 Å². The molecule has 0 atom stereocenters. The van der Waals surface area contributed by atoms with Crippen molar-refractivity contribution in [2.24, 2.45) is 5.92 Å². The minimum absolute atomic E-state index is 0. The Labute approximate surface area is 88.7 Å². The van der Waals surface area contributed by atoms with Gasteiger partial charge in [0.05, 0.1) is 12.3 Å². The van der Waals surface area contributed by atoms with Crippen LogP contribution in [-0.2, 0) is 0 Å². The van der Waals surface area contributed by atoms with Crippen LogP contribution >= 0.6 is 12.4 Å². The summed E-state index contributed by atoms with van der Waals surface area (Å²) in [6.45, 7) is 0.698. The molecule has 0 unspecified atom stereocenters. The van der Waals surface area contributed by atoms with Gasteiger partial charge in [0.25, 0.3) is 0 Å². The van der Waals surface area contributed by atoms with E-state index in [0.29, 0.717) is 18.3 Å². The minimum Gasteiger partial charge on any atom is -0.493 e. The van der Waals surface area contributed by atoms with E-state index in [-0.39, 0.29) is 18.1 Å². The van der Waals surface area contributed by atoms with Crippen LogP contribution in [0.25, 0.3) is 0 Å². The molecule has 0 aromatic heterocycles. The molecule has 0 heterocycles. The molecule has 0 radical (unpaired) electrons. The van der Waals surface area contributed by atoms with E-state index in [2.05, 4.69) is 0 Å². The first-order valence-electron chi connectivity index (χ1n) is 4.43. The van der Waals surface area contributed by atoms with Gasteiger partial charge in [-0.05, 0) is 30.9 Å². The maximum absolute atomic E-state index is 12.9. The summed E-state index contributed by atoms with van der Waals surface area (Å²) >= 11 is 0. The predicted molar refractivity (Wildman–Crippen MR) is 56.3 cm³/mol. The van der Waals surface area contributed by atoms with Crippen LogP contribution in [0.5, 0.6) is 5.75 Å². The molecule has 2 rings (SSSR count). The van der Waals surface area contributed by atoms with Crippen LogP contribution < -0.4 is 10.5 Å². The molecule has 1 aromatic carbocycles. The third kappa shape index (κ3) is 2.77. The second-order valence-electron chi connectivity index (χ2n) is 3.44. The smallest absolute Gasteiger partial charge is 0.149 e. The van der Waals surface area contributed by atoms with Gasteiger partial charge in [-0.25, -0.2) is 4.39 Å². The average molecular weight is 218 g/mol. The van der Waals surface area contributed by atoms with E-state index in [0.717, 1.165) is 0 Å². The van der Waals surface area contributed by atoms with Crippen molar-refractivity contribution in [1.29, 1.82) is 0 Å². The summed E-state index contributed by atoms with van der Waals surface area (Å²) in [5.41, 5.74) is 5.49. The van der Waals surface area contributed by atoms with Crippen molar-refractivity contribution >= 4 is 18.1 Å². The van der Waals surface area contributed by atoms with Crippen LogP contribution in [0.1, 0.15) is 12.8 Å². The maximum Gasteiger partial charge on any atom is 0.149 e. The van der Waals surface area contributed by atoms with Gasteiger partial charge in [-0.3, -0.25) is 0 Å². The van der Waals surface area contributed by atoms with Crippen molar-refractivity contribution < 1.29 is 9.13 Å². The van der Waals surface area contributed by atoms with Crippen LogP contribution in [-0.4, -0.2) is 6.61 Å². The van der Waals surface area contributed by atoms with Gasteiger partial charge in [-0.2, -0.15) is 0 Å². The summed E-state index contributed by atoms with van der Waals surface area (Å²) < 4.78 is 18.3. The molecule has 1 saturated carbocycles. The number of ether oxygens (including phenoxy) is 1. The lowest BCUT2D eigenvalue weighted by atomic mass is 10.3. The van der Waals surface area contributed by atoms with E-state index in [1.165, 1.54) is 25.0 Å². The van der Waals surface area contributed by atoms with Crippen molar-refractivity contribution in [1.82, 2.24) is 0 Å². The zero-order valence-corrected chi connectivity index (χ0v) is 8.52. The number of anilines is 1. The fourth-order valence-electron chi connectivity index (χ4n) is 1.10. The highest BCUT2D eigenvalue weighted by molar-refractivity contribution is 5.85. The zero-order chi connectivity index (χ0) is 9.26. The quantitative estimate of drug-likeness (QED) is 0.790.